The molecule has 0 aromatic rings. The summed E-state index contributed by atoms with van der Waals surface area (Å²) < 4.78 is 0. The lowest BCUT2D eigenvalue weighted by Crippen LogP contribution is -2.17. The van der Waals surface area contributed by atoms with Gasteiger partial charge in [-0.25, -0.2) is 0 Å². The van der Waals surface area contributed by atoms with Gasteiger partial charge in [0.2, 0.25) is 0 Å². The maximum atomic E-state index is 6.22. The molecule has 11 heavy (non-hydrogen) atoms. The van der Waals surface area contributed by atoms with E-state index in [1.54, 1.807) is 0 Å². The van der Waals surface area contributed by atoms with Crippen molar-refractivity contribution in [1.82, 2.24) is 0 Å². The zero-order chi connectivity index (χ0) is 8.43. The van der Waals surface area contributed by atoms with Gasteiger partial charge in [-0.2, -0.15) is 0 Å². The fourth-order valence-electron chi connectivity index (χ4n) is 1.54. The minimum Gasteiger partial charge on any atom is -0.122 e. The molecule has 0 bridgehead atoms. The Bertz CT molecular complexity index is 160. The quantitative estimate of drug-likeness (QED) is 0.387. The predicted octanol–water partition coefficient (Wildman–Crippen LogP) is 3.61. The molecule has 0 nitrogen and oxygen atoms in total. The lowest BCUT2D eigenvalue weighted by Gasteiger charge is -2.20. The molecule has 0 radical (unpaired) electrons. The highest BCUT2D eigenvalue weighted by Crippen LogP contribution is 2.30. The third-order valence-corrected chi connectivity index (χ3v) is 3.37. The van der Waals surface area contributed by atoms with Crippen molar-refractivity contribution in [1.29, 1.82) is 0 Å². The molecule has 0 fully saturated rings. The van der Waals surface area contributed by atoms with E-state index in [2.05, 4.69) is 26.8 Å². The van der Waals surface area contributed by atoms with Gasteiger partial charge in [0.25, 0.3) is 0 Å². The molecule has 1 aliphatic carbocycles. The van der Waals surface area contributed by atoms with Crippen molar-refractivity contribution < 1.29 is 0 Å². The first-order valence-electron chi connectivity index (χ1n) is 4.41. The minimum atomic E-state index is 0.351. The van der Waals surface area contributed by atoms with Crippen LogP contribution in [-0.4, -0.2) is 5.38 Å². The van der Waals surface area contributed by atoms with Gasteiger partial charge in [-0.15, -0.1) is 11.6 Å². The van der Waals surface area contributed by atoms with Crippen LogP contribution in [0.2, 0.25) is 0 Å². The molecule has 3 unspecified atom stereocenters. The summed E-state index contributed by atoms with van der Waals surface area (Å²) in [6, 6.07) is 0. The number of allylic oxidation sites excluding steroid dienone is 2. The van der Waals surface area contributed by atoms with E-state index in [1.165, 1.54) is 12.0 Å². The Morgan fingerprint density at radius 1 is 1.45 bits per heavy atom. The van der Waals surface area contributed by atoms with Gasteiger partial charge >= 0.3 is 0 Å². The van der Waals surface area contributed by atoms with E-state index >= 15 is 0 Å². The van der Waals surface area contributed by atoms with Crippen molar-refractivity contribution in [2.75, 3.05) is 0 Å². The van der Waals surface area contributed by atoms with Crippen molar-refractivity contribution in [3.63, 3.8) is 0 Å². The summed E-state index contributed by atoms with van der Waals surface area (Å²) in [6.45, 7) is 6.73. The van der Waals surface area contributed by atoms with Crippen LogP contribution in [0.25, 0.3) is 0 Å². The van der Waals surface area contributed by atoms with Crippen molar-refractivity contribution in [3.05, 3.63) is 11.6 Å². The Kier molecular flexibility index (Phi) is 3.00. The molecule has 64 valence electrons. The van der Waals surface area contributed by atoms with E-state index in [4.69, 9.17) is 11.6 Å². The molecule has 0 spiro atoms. The smallest absolute Gasteiger partial charge is 0.0401 e. The van der Waals surface area contributed by atoms with Crippen LogP contribution in [0, 0.1) is 11.8 Å². The Morgan fingerprint density at radius 3 is 2.73 bits per heavy atom. The molecule has 0 aliphatic heterocycles. The van der Waals surface area contributed by atoms with Crippen LogP contribution in [0.4, 0.5) is 0 Å². The Labute approximate surface area is 74.6 Å². The van der Waals surface area contributed by atoms with Crippen LogP contribution in [0.5, 0.6) is 0 Å². The van der Waals surface area contributed by atoms with Gasteiger partial charge in [-0.3, -0.25) is 0 Å². The lowest BCUT2D eigenvalue weighted by atomic mass is 9.91. The molecule has 0 aromatic carbocycles. The van der Waals surface area contributed by atoms with Gasteiger partial charge in [-0.05, 0) is 31.6 Å². The number of halogens is 1. The second-order valence-corrected chi connectivity index (χ2v) is 4.40. The third kappa shape index (κ3) is 2.23. The first-order valence-corrected chi connectivity index (χ1v) is 4.84. The van der Waals surface area contributed by atoms with Crippen molar-refractivity contribution in [3.8, 4) is 0 Å². The van der Waals surface area contributed by atoms with Crippen molar-refractivity contribution >= 4 is 11.6 Å². The second-order valence-electron chi connectivity index (χ2n) is 3.84. The summed E-state index contributed by atoms with van der Waals surface area (Å²) in [5.74, 6) is 1.40. The van der Waals surface area contributed by atoms with Crippen LogP contribution in [0.15, 0.2) is 11.6 Å². The SMILES string of the molecule is CC1=CCC(C)C(C)C(Cl)C1. The summed E-state index contributed by atoms with van der Waals surface area (Å²) in [6.07, 6.45) is 4.62. The largest absolute Gasteiger partial charge is 0.122 e. The predicted molar refractivity (Wildman–Crippen MR) is 51.0 cm³/mol. The summed E-state index contributed by atoms with van der Waals surface area (Å²) in [4.78, 5) is 0. The maximum Gasteiger partial charge on any atom is 0.0401 e. The molecule has 1 rings (SSSR count). The Hall–Kier alpha value is 0.0300. The summed E-state index contributed by atoms with van der Waals surface area (Å²) in [5, 5.41) is 0.351. The zero-order valence-corrected chi connectivity index (χ0v) is 8.36. The first kappa shape index (κ1) is 9.12. The van der Waals surface area contributed by atoms with Gasteiger partial charge in [-0.1, -0.05) is 25.5 Å². The summed E-state index contributed by atoms with van der Waals surface area (Å²) >= 11 is 6.22. The topological polar surface area (TPSA) is 0 Å². The Balaban J connectivity index is 2.65. The zero-order valence-electron chi connectivity index (χ0n) is 7.60. The number of hydrogen-bond acceptors (Lipinski definition) is 0. The van der Waals surface area contributed by atoms with Gasteiger partial charge in [0.05, 0.1) is 0 Å². The minimum absolute atomic E-state index is 0.351. The van der Waals surface area contributed by atoms with Crippen LogP contribution in [0.1, 0.15) is 33.6 Å². The van der Waals surface area contributed by atoms with Crippen LogP contribution in [-0.2, 0) is 0 Å². The number of hydrogen-bond donors (Lipinski definition) is 0. The van der Waals surface area contributed by atoms with E-state index in [9.17, 15) is 0 Å². The molecular weight excluding hydrogens is 156 g/mol. The number of alkyl halides is 1. The fourth-order valence-corrected chi connectivity index (χ4v) is 2.03. The molecule has 1 heteroatoms. The average Bonchev–Trinajstić information content (AvgIpc) is 2.05. The van der Waals surface area contributed by atoms with Gasteiger partial charge in [0, 0.05) is 5.38 Å². The average molecular weight is 173 g/mol. The maximum absolute atomic E-state index is 6.22. The van der Waals surface area contributed by atoms with Crippen LogP contribution < -0.4 is 0 Å². The van der Waals surface area contributed by atoms with E-state index in [-0.39, 0.29) is 0 Å². The number of rotatable bonds is 0. The summed E-state index contributed by atoms with van der Waals surface area (Å²) in [5.41, 5.74) is 1.46. The fraction of sp³-hybridized carbons (Fsp3) is 0.800. The van der Waals surface area contributed by atoms with E-state index in [0.717, 1.165) is 12.3 Å². The van der Waals surface area contributed by atoms with Gasteiger partial charge < -0.3 is 0 Å². The normalized spacial score (nSPS) is 39.6. The van der Waals surface area contributed by atoms with Crippen LogP contribution in [0.3, 0.4) is 0 Å². The highest BCUT2D eigenvalue weighted by atomic mass is 35.5. The van der Waals surface area contributed by atoms with E-state index in [1.807, 2.05) is 0 Å². The van der Waals surface area contributed by atoms with Gasteiger partial charge in [0.1, 0.15) is 0 Å². The lowest BCUT2D eigenvalue weighted by molar-refractivity contribution is 0.383. The standard InChI is InChI=1S/C10H17Cl/c1-7-4-5-8(2)9(3)10(11)6-7/h4,8-10H,5-6H2,1-3H3. The highest BCUT2D eigenvalue weighted by molar-refractivity contribution is 6.20. The third-order valence-electron chi connectivity index (χ3n) is 2.82. The van der Waals surface area contributed by atoms with Crippen LogP contribution >= 0.6 is 11.6 Å². The van der Waals surface area contributed by atoms with E-state index < -0.39 is 0 Å². The second kappa shape index (κ2) is 3.62. The molecular formula is C10H17Cl. The molecule has 3 atom stereocenters. The molecule has 0 amide bonds. The van der Waals surface area contributed by atoms with E-state index in [0.29, 0.717) is 11.3 Å². The molecule has 0 saturated heterocycles. The molecule has 1 aliphatic rings. The molecule has 0 aromatic heterocycles. The first-order chi connectivity index (χ1) is 5.11. The van der Waals surface area contributed by atoms with Crippen molar-refractivity contribution in [2.24, 2.45) is 11.8 Å². The monoisotopic (exact) mass is 172 g/mol. The Morgan fingerprint density at radius 2 is 2.09 bits per heavy atom. The highest BCUT2D eigenvalue weighted by Gasteiger charge is 2.22. The molecule has 0 heterocycles. The van der Waals surface area contributed by atoms with Crippen molar-refractivity contribution in [2.45, 2.75) is 39.0 Å². The van der Waals surface area contributed by atoms with Gasteiger partial charge in [0.15, 0.2) is 0 Å². The molecule has 0 saturated carbocycles. The summed E-state index contributed by atoms with van der Waals surface area (Å²) in [7, 11) is 0. The molecule has 0 N–H and O–H groups in total.